The zero-order chi connectivity index (χ0) is 12.0. The van der Waals surface area contributed by atoms with Crippen molar-refractivity contribution in [2.75, 3.05) is 34.8 Å². The number of urea groups is 1. The quantitative estimate of drug-likeness (QED) is 0.520. The smallest absolute Gasteiger partial charge is 0.330 e. The van der Waals surface area contributed by atoms with Crippen molar-refractivity contribution in [3.8, 4) is 0 Å². The number of aliphatic hydroxyl groups is 1. The molecule has 2 amide bonds. The minimum atomic E-state index is -0.101. The molecular formula is C10H21N4NiO2-. The fraction of sp³-hybridized carbons (Fsp3) is 0.600. The average molecular weight is 288 g/mol. The van der Waals surface area contributed by atoms with Crippen LogP contribution in [0, 0.1) is 7.43 Å². The summed E-state index contributed by atoms with van der Waals surface area (Å²) in [6, 6.07) is -0.101. The van der Waals surface area contributed by atoms with Gasteiger partial charge in [0.05, 0.1) is 0 Å². The minimum Gasteiger partial charge on any atom is -0.397 e. The van der Waals surface area contributed by atoms with Crippen LogP contribution in [0.25, 0.3) is 0 Å². The Morgan fingerprint density at radius 1 is 1.12 bits per heavy atom. The predicted molar refractivity (Wildman–Crippen MR) is 66.8 cm³/mol. The first-order chi connectivity index (χ1) is 7.04. The molecule has 1 fully saturated rings. The summed E-state index contributed by atoms with van der Waals surface area (Å²) < 4.78 is 0. The molecule has 0 aromatic heterocycles. The predicted octanol–water partition coefficient (Wildman–Crippen LogP) is 0.487. The van der Waals surface area contributed by atoms with Gasteiger partial charge in [0, 0.05) is 51.3 Å². The summed E-state index contributed by atoms with van der Waals surface area (Å²) in [6.07, 6.45) is 0. The summed E-state index contributed by atoms with van der Waals surface area (Å²) in [4.78, 5) is 22.2. The number of carbonyl (C=O) groups is 1. The number of aliphatic hydroxyl groups excluding tert-OH is 1. The standard InChI is InChI=1S/C7H12N4O.C2H6O.CH3.Ni/c1-8-5-6(9-2)11(4)7(12)10(5)3;1-2-3;;/h1-4H3;3H,2H2,1H3;1H3;/q;;-1;. The van der Waals surface area contributed by atoms with Gasteiger partial charge in [-0.3, -0.25) is 19.8 Å². The zero-order valence-corrected chi connectivity index (χ0v) is 12.2. The molecule has 0 unspecified atom stereocenters. The molecule has 0 bridgehead atoms. The van der Waals surface area contributed by atoms with Gasteiger partial charge in [-0.15, -0.1) is 0 Å². The Kier molecular flexibility index (Phi) is 12.9. The van der Waals surface area contributed by atoms with E-state index >= 15 is 0 Å². The molecule has 0 aromatic carbocycles. The van der Waals surface area contributed by atoms with Crippen molar-refractivity contribution in [2.45, 2.75) is 6.92 Å². The minimum absolute atomic E-state index is 0. The molecular weight excluding hydrogens is 267 g/mol. The Balaban J connectivity index is -0.000000356. The average Bonchev–Trinajstić information content (AvgIpc) is 2.43. The molecule has 0 atom stereocenters. The van der Waals surface area contributed by atoms with Gasteiger partial charge in [-0.2, -0.15) is 0 Å². The van der Waals surface area contributed by atoms with E-state index in [9.17, 15) is 4.79 Å². The maximum absolute atomic E-state index is 11.3. The molecule has 0 aliphatic carbocycles. The number of rotatable bonds is 0. The number of amides is 2. The fourth-order valence-electron chi connectivity index (χ4n) is 1.21. The Bertz CT molecular complexity index is 266. The number of hydrogen-bond acceptors (Lipinski definition) is 4. The first-order valence-electron chi connectivity index (χ1n) is 4.61. The largest absolute Gasteiger partial charge is 0.397 e. The van der Waals surface area contributed by atoms with Crippen molar-refractivity contribution in [3.05, 3.63) is 7.43 Å². The first kappa shape index (κ1) is 21.4. The van der Waals surface area contributed by atoms with Gasteiger partial charge in [-0.25, -0.2) is 4.79 Å². The molecule has 6 nitrogen and oxygen atoms in total. The number of hydrogen-bond donors (Lipinski definition) is 1. The molecule has 1 aliphatic heterocycles. The number of aliphatic imine (C=N–C) groups is 2. The molecule has 1 N–H and O–H groups in total. The third-order valence-corrected chi connectivity index (χ3v) is 1.83. The van der Waals surface area contributed by atoms with Crippen LogP contribution in [0.4, 0.5) is 4.79 Å². The van der Waals surface area contributed by atoms with E-state index in [0.29, 0.717) is 11.7 Å². The van der Waals surface area contributed by atoms with E-state index in [4.69, 9.17) is 5.11 Å². The second-order valence-corrected chi connectivity index (χ2v) is 2.81. The molecule has 7 heteroatoms. The molecule has 17 heavy (non-hydrogen) atoms. The second-order valence-electron chi connectivity index (χ2n) is 2.81. The van der Waals surface area contributed by atoms with Gasteiger partial charge >= 0.3 is 6.03 Å². The summed E-state index contributed by atoms with van der Waals surface area (Å²) in [6.45, 7) is 1.93. The molecule has 0 radical (unpaired) electrons. The number of likely N-dealkylation sites (N-methyl/N-ethyl adjacent to an activating group) is 2. The van der Waals surface area contributed by atoms with E-state index in [2.05, 4.69) is 9.98 Å². The van der Waals surface area contributed by atoms with E-state index in [1.54, 1.807) is 35.1 Å². The Hall–Kier alpha value is -0.936. The van der Waals surface area contributed by atoms with Gasteiger partial charge in [0.25, 0.3) is 0 Å². The van der Waals surface area contributed by atoms with Crippen molar-refractivity contribution >= 4 is 17.7 Å². The first-order valence-corrected chi connectivity index (χ1v) is 4.61. The van der Waals surface area contributed by atoms with Crippen LogP contribution < -0.4 is 0 Å². The van der Waals surface area contributed by atoms with Crippen molar-refractivity contribution in [1.82, 2.24) is 9.80 Å². The fourth-order valence-corrected chi connectivity index (χ4v) is 1.21. The third-order valence-electron chi connectivity index (χ3n) is 1.83. The van der Waals surface area contributed by atoms with Gasteiger partial charge < -0.3 is 12.5 Å². The van der Waals surface area contributed by atoms with Crippen LogP contribution in [0.2, 0.25) is 0 Å². The molecule has 1 rings (SSSR count). The monoisotopic (exact) mass is 287 g/mol. The Morgan fingerprint density at radius 2 is 1.35 bits per heavy atom. The summed E-state index contributed by atoms with van der Waals surface area (Å²) in [7, 11) is 6.64. The Morgan fingerprint density at radius 3 is 1.53 bits per heavy atom. The Labute approximate surface area is 113 Å². The number of amidine groups is 2. The van der Waals surface area contributed by atoms with Crippen LogP contribution in [-0.4, -0.2) is 67.4 Å². The maximum Gasteiger partial charge on any atom is 0.330 e. The van der Waals surface area contributed by atoms with Crippen LogP contribution in [0.5, 0.6) is 0 Å². The van der Waals surface area contributed by atoms with Crippen LogP contribution >= 0.6 is 0 Å². The van der Waals surface area contributed by atoms with Crippen molar-refractivity contribution < 1.29 is 26.4 Å². The molecule has 0 spiro atoms. The van der Waals surface area contributed by atoms with Gasteiger partial charge in [0.2, 0.25) is 0 Å². The molecule has 1 heterocycles. The number of carbonyl (C=O) groups excluding carboxylic acids is 1. The summed E-state index contributed by atoms with van der Waals surface area (Å²) in [5.74, 6) is 1.23. The summed E-state index contributed by atoms with van der Waals surface area (Å²) in [5, 5.41) is 7.57. The van der Waals surface area contributed by atoms with Crippen molar-refractivity contribution in [1.29, 1.82) is 0 Å². The summed E-state index contributed by atoms with van der Waals surface area (Å²) >= 11 is 0. The maximum atomic E-state index is 11.3. The molecule has 104 valence electrons. The van der Waals surface area contributed by atoms with E-state index in [1.807, 2.05) is 0 Å². The zero-order valence-electron chi connectivity index (χ0n) is 11.2. The van der Waals surface area contributed by atoms with Gasteiger partial charge in [-0.1, -0.05) is 0 Å². The van der Waals surface area contributed by atoms with Gasteiger partial charge in [0.15, 0.2) is 11.7 Å². The van der Waals surface area contributed by atoms with Gasteiger partial charge in [0.1, 0.15) is 0 Å². The van der Waals surface area contributed by atoms with Crippen LogP contribution in [-0.2, 0) is 16.5 Å². The topological polar surface area (TPSA) is 68.5 Å². The normalized spacial score (nSPS) is 18.6. The summed E-state index contributed by atoms with van der Waals surface area (Å²) in [5.41, 5.74) is 0. The second kappa shape index (κ2) is 10.2. The molecule has 1 aliphatic rings. The van der Waals surface area contributed by atoms with Crippen LogP contribution in [0.1, 0.15) is 6.92 Å². The van der Waals surface area contributed by atoms with Gasteiger partial charge in [-0.05, 0) is 6.92 Å². The van der Waals surface area contributed by atoms with Crippen molar-refractivity contribution in [2.24, 2.45) is 9.98 Å². The molecule has 0 saturated carbocycles. The molecule has 1 saturated heterocycles. The van der Waals surface area contributed by atoms with E-state index < -0.39 is 0 Å². The van der Waals surface area contributed by atoms with Crippen molar-refractivity contribution in [3.63, 3.8) is 0 Å². The van der Waals surface area contributed by atoms with Crippen LogP contribution in [0.3, 0.4) is 0 Å². The molecule has 0 aromatic rings. The van der Waals surface area contributed by atoms with E-state index in [0.717, 1.165) is 0 Å². The third kappa shape index (κ3) is 4.83. The number of nitrogens with zero attached hydrogens (tertiary/aromatic N) is 4. The van der Waals surface area contributed by atoms with E-state index in [1.165, 1.54) is 9.80 Å². The SMILES string of the molecule is CCO.CN=C1C(=NC)N(C)C(=O)N1C.[CH3-].[Ni]. The van der Waals surface area contributed by atoms with E-state index in [-0.39, 0.29) is 36.6 Å². The van der Waals surface area contributed by atoms with Crippen LogP contribution in [0.15, 0.2) is 9.98 Å².